The maximum absolute atomic E-state index is 13.9. The summed E-state index contributed by atoms with van der Waals surface area (Å²) < 4.78 is 47.7. The van der Waals surface area contributed by atoms with Crippen molar-refractivity contribution in [2.24, 2.45) is 17.8 Å². The number of carbonyl (C=O) groups is 3. The molecule has 6 unspecified atom stereocenters. The van der Waals surface area contributed by atoms with Crippen LogP contribution in [0.3, 0.4) is 0 Å². The number of carbonyl (C=O) groups excluding carboxylic acids is 3. The molecule has 0 aromatic heterocycles. The minimum Gasteiger partial charge on any atom is -0.444 e. The Labute approximate surface area is 325 Å². The van der Waals surface area contributed by atoms with Gasteiger partial charge in [0.25, 0.3) is 0 Å². The summed E-state index contributed by atoms with van der Waals surface area (Å²) in [6, 6.07) is -1.93. The third-order valence-corrected chi connectivity index (χ3v) is 10.4. The van der Waals surface area contributed by atoms with Crippen LogP contribution in [0.5, 0.6) is 0 Å². The van der Waals surface area contributed by atoms with Crippen molar-refractivity contribution in [2.75, 3.05) is 19.8 Å². The van der Waals surface area contributed by atoms with Gasteiger partial charge in [-0.2, -0.15) is 0 Å². The zero-order valence-electron chi connectivity index (χ0n) is 34.6. The van der Waals surface area contributed by atoms with Crippen molar-refractivity contribution >= 4 is 18.1 Å². The van der Waals surface area contributed by atoms with Gasteiger partial charge in [-0.05, 0) is 81.6 Å². The van der Waals surface area contributed by atoms with Crippen LogP contribution >= 0.6 is 0 Å². The monoisotopic (exact) mass is 789 g/mol. The van der Waals surface area contributed by atoms with E-state index in [-0.39, 0.29) is 38.0 Å². The van der Waals surface area contributed by atoms with E-state index in [0.29, 0.717) is 12.8 Å². The number of amides is 3. The molecule has 3 amide bonds. The van der Waals surface area contributed by atoms with Crippen molar-refractivity contribution in [2.45, 2.75) is 186 Å². The fraction of sp³-hybridized carbons (Fsp3) is 0.921. The van der Waals surface area contributed by atoms with E-state index < -0.39 is 108 Å². The van der Waals surface area contributed by atoms with Gasteiger partial charge in [0.2, 0.25) is 5.91 Å². The van der Waals surface area contributed by atoms with E-state index in [1.54, 1.807) is 69.2 Å². The number of nitrogens with one attached hydrogen (secondary N) is 3. The van der Waals surface area contributed by atoms with Gasteiger partial charge in [0.05, 0.1) is 37.0 Å². The molecule has 4 rings (SSSR count). The van der Waals surface area contributed by atoms with Crippen molar-refractivity contribution in [1.82, 2.24) is 16.0 Å². The highest BCUT2D eigenvalue weighted by molar-refractivity contribution is 5.81. The number of rotatable bonds is 9. The number of hydrogen-bond acceptors (Lipinski definition) is 14. The Morgan fingerprint density at radius 2 is 1.38 bits per heavy atom. The quantitative estimate of drug-likeness (QED) is 0.198. The summed E-state index contributed by atoms with van der Waals surface area (Å²) in [7, 11) is 0. The molecule has 1 aliphatic carbocycles. The molecule has 4 fully saturated rings. The fourth-order valence-corrected chi connectivity index (χ4v) is 7.07. The Bertz CT molecular complexity index is 1320. The average molecular weight is 790 g/mol. The second-order valence-corrected chi connectivity index (χ2v) is 18.4. The van der Waals surface area contributed by atoms with Gasteiger partial charge in [-0.3, -0.25) is 4.79 Å². The summed E-state index contributed by atoms with van der Waals surface area (Å²) >= 11 is 0. The molecule has 6 N–H and O–H groups in total. The Morgan fingerprint density at radius 3 is 2.00 bits per heavy atom. The lowest BCUT2D eigenvalue weighted by molar-refractivity contribution is -0.316. The summed E-state index contributed by atoms with van der Waals surface area (Å²) in [4.78, 5) is 39.6. The number of aliphatic hydroxyl groups is 3. The highest BCUT2D eigenvalue weighted by Crippen LogP contribution is 2.36. The highest BCUT2D eigenvalue weighted by Gasteiger charge is 2.53. The van der Waals surface area contributed by atoms with Crippen LogP contribution in [0.15, 0.2) is 0 Å². The Hall–Kier alpha value is -2.35. The molecule has 1 saturated carbocycles. The van der Waals surface area contributed by atoms with Gasteiger partial charge >= 0.3 is 12.2 Å². The third-order valence-electron chi connectivity index (χ3n) is 10.4. The van der Waals surface area contributed by atoms with Crippen molar-refractivity contribution in [3.05, 3.63) is 0 Å². The van der Waals surface area contributed by atoms with Gasteiger partial charge in [-0.15, -0.1) is 0 Å². The lowest BCUT2D eigenvalue weighted by atomic mass is 9.82. The predicted molar refractivity (Wildman–Crippen MR) is 196 cm³/mol. The van der Waals surface area contributed by atoms with E-state index in [1.165, 1.54) is 0 Å². The first kappa shape index (κ1) is 45.4. The van der Waals surface area contributed by atoms with Gasteiger partial charge in [-0.1, -0.05) is 20.8 Å². The molecular weight excluding hydrogens is 722 g/mol. The number of alkyl carbamates (subject to hydrolysis) is 2. The van der Waals surface area contributed by atoms with E-state index in [9.17, 15) is 29.7 Å². The van der Waals surface area contributed by atoms with Crippen LogP contribution in [-0.4, -0.2) is 137 Å². The first-order valence-electron chi connectivity index (χ1n) is 19.5. The molecule has 0 radical (unpaired) electrons. The molecule has 0 aromatic carbocycles. The number of hydrogen-bond donors (Lipinski definition) is 6. The van der Waals surface area contributed by atoms with E-state index in [1.807, 2.05) is 13.8 Å². The lowest BCUT2D eigenvalue weighted by Crippen LogP contribution is -2.69. The summed E-state index contributed by atoms with van der Waals surface area (Å²) in [5, 5.41) is 42.8. The Kier molecular flexibility index (Phi) is 14.6. The lowest BCUT2D eigenvalue weighted by Gasteiger charge is -2.49. The molecule has 0 bridgehead atoms. The molecular formula is C38H67N3O14. The van der Waals surface area contributed by atoms with E-state index in [0.717, 1.165) is 0 Å². The minimum atomic E-state index is -1.55. The Balaban J connectivity index is 1.63. The van der Waals surface area contributed by atoms with E-state index in [4.69, 9.17) is 37.9 Å². The van der Waals surface area contributed by atoms with Crippen LogP contribution in [0.1, 0.15) is 102 Å². The maximum Gasteiger partial charge on any atom is 0.407 e. The van der Waals surface area contributed by atoms with Crippen LogP contribution in [0.4, 0.5) is 9.59 Å². The van der Waals surface area contributed by atoms with Crippen molar-refractivity contribution in [1.29, 1.82) is 0 Å². The topological polar surface area (TPSA) is 222 Å². The van der Waals surface area contributed by atoms with E-state index in [2.05, 4.69) is 16.0 Å². The van der Waals surface area contributed by atoms with Crippen LogP contribution in [0, 0.1) is 17.8 Å². The molecule has 3 heterocycles. The standard InChI is InChI=1S/C38H67N3O14/c1-19-13-14-22(16-39-33(45)54-35(4,5)6)50-31(19)51-29-24(41-34(46)55-36(7,8)9)15-23(40-30(44)27-20(2)17-49-37(10,11)53-27)28(26(29)43)52-32-25(42)21(3)38(12,47)18-48-32/h19-29,31-32,42-43,47H,13-18H2,1-12H3,(H,39,45)(H,40,44)(H,41,46)/t19?,20-,21-,22+,23-,24+,25?,26?,27+,28?,29?,31-,32-,38?/m1/s1. The zero-order valence-corrected chi connectivity index (χ0v) is 34.6. The second-order valence-electron chi connectivity index (χ2n) is 18.4. The normalized spacial score (nSPS) is 39.7. The molecule has 318 valence electrons. The first-order valence-corrected chi connectivity index (χ1v) is 19.5. The molecule has 4 aliphatic rings. The molecule has 3 saturated heterocycles. The van der Waals surface area contributed by atoms with Gasteiger partial charge in [0.15, 0.2) is 18.4 Å². The number of aliphatic hydroxyl groups excluding tert-OH is 2. The molecule has 17 nitrogen and oxygen atoms in total. The molecule has 0 aromatic rings. The first-order chi connectivity index (χ1) is 25.2. The zero-order chi connectivity index (χ0) is 41.3. The molecule has 3 aliphatic heterocycles. The summed E-state index contributed by atoms with van der Waals surface area (Å²) in [5.74, 6) is -2.67. The van der Waals surface area contributed by atoms with Gasteiger partial charge in [0, 0.05) is 24.3 Å². The molecule has 55 heavy (non-hydrogen) atoms. The number of ether oxygens (including phenoxy) is 8. The molecule has 14 atom stereocenters. The van der Waals surface area contributed by atoms with Crippen LogP contribution < -0.4 is 16.0 Å². The summed E-state index contributed by atoms with van der Waals surface area (Å²) in [6.07, 6.45) is -8.94. The minimum absolute atomic E-state index is 0.0147. The molecule has 17 heteroatoms. The van der Waals surface area contributed by atoms with Crippen molar-refractivity contribution in [3.63, 3.8) is 0 Å². The summed E-state index contributed by atoms with van der Waals surface area (Å²) in [5.41, 5.74) is -2.88. The fourth-order valence-electron chi connectivity index (χ4n) is 7.07. The van der Waals surface area contributed by atoms with Crippen LogP contribution in [0.25, 0.3) is 0 Å². The van der Waals surface area contributed by atoms with Crippen molar-refractivity contribution in [3.8, 4) is 0 Å². The summed E-state index contributed by atoms with van der Waals surface area (Å²) in [6.45, 7) is 21.1. The third kappa shape index (κ3) is 12.6. The van der Waals surface area contributed by atoms with Gasteiger partial charge < -0.3 is 69.2 Å². The largest absolute Gasteiger partial charge is 0.444 e. The van der Waals surface area contributed by atoms with Crippen molar-refractivity contribution < 1.29 is 67.6 Å². The highest BCUT2D eigenvalue weighted by atomic mass is 16.7. The molecule has 0 spiro atoms. The average Bonchev–Trinajstić information content (AvgIpc) is 3.04. The predicted octanol–water partition coefficient (Wildman–Crippen LogP) is 2.46. The Morgan fingerprint density at radius 1 is 0.800 bits per heavy atom. The van der Waals surface area contributed by atoms with Gasteiger partial charge in [0.1, 0.15) is 41.7 Å². The second kappa shape index (κ2) is 17.6. The SMILES string of the molecule is CC1CC[C@@H](CNC(=O)OC(C)(C)C)O[C@@H]1OC1C(O)C(O[C@H]2OCC(C)(O)[C@H](C)C2O)[C@H](NC(=O)[C@H]2OC(C)(C)OC[C@H]2C)C[C@@H]1NC(=O)OC(C)(C)C. The van der Waals surface area contributed by atoms with Crippen LogP contribution in [-0.2, 0) is 42.7 Å². The smallest absolute Gasteiger partial charge is 0.407 e. The van der Waals surface area contributed by atoms with Crippen LogP contribution in [0.2, 0.25) is 0 Å². The van der Waals surface area contributed by atoms with E-state index >= 15 is 0 Å². The maximum atomic E-state index is 13.9. The van der Waals surface area contributed by atoms with Gasteiger partial charge in [-0.25, -0.2) is 9.59 Å².